The summed E-state index contributed by atoms with van der Waals surface area (Å²) < 4.78 is 24.6. The molecule has 0 saturated carbocycles. The van der Waals surface area contributed by atoms with Crippen LogP contribution in [0.3, 0.4) is 0 Å². The lowest BCUT2D eigenvalue weighted by atomic mass is 10.2. The summed E-state index contributed by atoms with van der Waals surface area (Å²) in [6.45, 7) is 0. The lowest BCUT2D eigenvalue weighted by molar-refractivity contribution is 0.107. The Kier molecular flexibility index (Phi) is 4.02. The van der Waals surface area contributed by atoms with Crippen molar-refractivity contribution in [1.29, 1.82) is 0 Å². The minimum absolute atomic E-state index is 0.0140. The summed E-state index contributed by atoms with van der Waals surface area (Å²) in [6, 6.07) is 14.8. The van der Waals surface area contributed by atoms with Crippen LogP contribution in [0, 0.1) is 0 Å². The molecule has 0 aliphatic rings. The van der Waals surface area contributed by atoms with E-state index in [2.05, 4.69) is 0 Å². The number of benzene rings is 2. The van der Waals surface area contributed by atoms with Gasteiger partial charge in [0.2, 0.25) is 0 Å². The maximum atomic E-state index is 12.3. The van der Waals surface area contributed by atoms with Crippen molar-refractivity contribution in [2.75, 3.05) is 0 Å². The number of hydrogen-bond donors (Lipinski definition) is 0. The van der Waals surface area contributed by atoms with Gasteiger partial charge in [0, 0.05) is 0 Å². The van der Waals surface area contributed by atoms with Crippen molar-refractivity contribution >= 4 is 26.7 Å². The number of carbonyl (C=O) groups excluding carboxylic acids is 1. The SMILES string of the molecule is O=C(Cl)c1ccccc1S(=O)(=O)Cc1ccccc1. The molecule has 0 aliphatic heterocycles. The van der Waals surface area contributed by atoms with Gasteiger partial charge in [0.25, 0.3) is 5.24 Å². The van der Waals surface area contributed by atoms with Crippen LogP contribution in [0.4, 0.5) is 0 Å². The molecule has 2 rings (SSSR count). The van der Waals surface area contributed by atoms with Crippen LogP contribution < -0.4 is 0 Å². The summed E-state index contributed by atoms with van der Waals surface area (Å²) in [5, 5.41) is -0.771. The van der Waals surface area contributed by atoms with E-state index in [1.54, 1.807) is 36.4 Å². The molecule has 0 radical (unpaired) electrons. The Morgan fingerprint density at radius 1 is 0.947 bits per heavy atom. The first-order valence-corrected chi connectivity index (χ1v) is 7.59. The van der Waals surface area contributed by atoms with E-state index >= 15 is 0 Å². The smallest absolute Gasteiger partial charge is 0.253 e. The molecule has 0 N–H and O–H groups in total. The predicted octanol–water partition coefficient (Wildman–Crippen LogP) is 3.04. The fourth-order valence-electron chi connectivity index (χ4n) is 1.77. The summed E-state index contributed by atoms with van der Waals surface area (Å²) in [4.78, 5) is 11.2. The number of hydrogen-bond acceptors (Lipinski definition) is 3. The third-order valence-corrected chi connectivity index (χ3v) is 4.58. The van der Waals surface area contributed by atoms with Gasteiger partial charge >= 0.3 is 0 Å². The zero-order valence-corrected chi connectivity index (χ0v) is 11.5. The van der Waals surface area contributed by atoms with Crippen molar-refractivity contribution in [3.8, 4) is 0 Å². The average molecular weight is 295 g/mol. The second-order valence-electron chi connectivity index (χ2n) is 4.01. The van der Waals surface area contributed by atoms with Gasteiger partial charge in [0.15, 0.2) is 9.84 Å². The standard InChI is InChI=1S/C14H11ClO3S/c15-14(16)12-8-4-5-9-13(12)19(17,18)10-11-6-2-1-3-7-11/h1-9H,10H2. The summed E-state index contributed by atoms with van der Waals surface area (Å²) in [5.41, 5.74) is 0.680. The van der Waals surface area contributed by atoms with Crippen molar-refractivity contribution in [3.05, 3.63) is 65.7 Å². The maximum Gasteiger partial charge on any atom is 0.253 e. The lowest BCUT2D eigenvalue weighted by Gasteiger charge is -2.07. The van der Waals surface area contributed by atoms with Gasteiger partial charge in [-0.3, -0.25) is 4.79 Å². The zero-order valence-electron chi connectivity index (χ0n) is 9.91. The Morgan fingerprint density at radius 3 is 2.16 bits per heavy atom. The number of sulfone groups is 1. The quantitative estimate of drug-likeness (QED) is 0.814. The normalized spacial score (nSPS) is 11.2. The van der Waals surface area contributed by atoms with Crippen LogP contribution in [0.1, 0.15) is 15.9 Å². The fraction of sp³-hybridized carbons (Fsp3) is 0.0714. The first-order valence-electron chi connectivity index (χ1n) is 5.56. The van der Waals surface area contributed by atoms with Gasteiger partial charge in [-0.05, 0) is 29.3 Å². The van der Waals surface area contributed by atoms with Crippen LogP contribution in [0.5, 0.6) is 0 Å². The van der Waals surface area contributed by atoms with E-state index in [4.69, 9.17) is 11.6 Å². The molecule has 0 aliphatic carbocycles. The van der Waals surface area contributed by atoms with Gasteiger partial charge in [-0.25, -0.2) is 8.42 Å². The van der Waals surface area contributed by atoms with Crippen LogP contribution in [-0.2, 0) is 15.6 Å². The molecule has 3 nitrogen and oxygen atoms in total. The van der Waals surface area contributed by atoms with Crippen molar-refractivity contribution in [2.24, 2.45) is 0 Å². The molecule has 5 heteroatoms. The van der Waals surface area contributed by atoms with Crippen LogP contribution in [-0.4, -0.2) is 13.7 Å². The molecule has 2 aromatic carbocycles. The number of carbonyl (C=O) groups is 1. The van der Waals surface area contributed by atoms with E-state index in [9.17, 15) is 13.2 Å². The van der Waals surface area contributed by atoms with Crippen molar-refractivity contribution < 1.29 is 13.2 Å². The molecular weight excluding hydrogens is 284 g/mol. The van der Waals surface area contributed by atoms with E-state index in [-0.39, 0.29) is 16.2 Å². The highest BCUT2D eigenvalue weighted by Crippen LogP contribution is 2.21. The molecular formula is C14H11ClO3S. The molecule has 0 amide bonds. The topological polar surface area (TPSA) is 51.2 Å². The molecule has 0 unspecified atom stereocenters. The van der Waals surface area contributed by atoms with Gasteiger partial charge < -0.3 is 0 Å². The van der Waals surface area contributed by atoms with Gasteiger partial charge in [-0.15, -0.1) is 0 Å². The van der Waals surface area contributed by atoms with E-state index in [0.29, 0.717) is 5.56 Å². The second kappa shape index (κ2) is 5.55. The van der Waals surface area contributed by atoms with Crippen molar-refractivity contribution in [3.63, 3.8) is 0 Å². The lowest BCUT2D eigenvalue weighted by Crippen LogP contribution is -2.09. The van der Waals surface area contributed by atoms with E-state index in [1.165, 1.54) is 12.1 Å². The number of halogens is 1. The van der Waals surface area contributed by atoms with Gasteiger partial charge in [0.1, 0.15) is 0 Å². The van der Waals surface area contributed by atoms with Crippen molar-refractivity contribution in [1.82, 2.24) is 0 Å². The second-order valence-corrected chi connectivity index (χ2v) is 6.32. The highest BCUT2D eigenvalue weighted by Gasteiger charge is 2.21. The third-order valence-electron chi connectivity index (χ3n) is 2.63. The summed E-state index contributed by atoms with van der Waals surface area (Å²) >= 11 is 5.41. The Labute approximate surface area is 116 Å². The summed E-state index contributed by atoms with van der Waals surface area (Å²) in [5.74, 6) is -0.158. The van der Waals surface area contributed by atoms with E-state index in [1.807, 2.05) is 6.07 Å². The fourth-order valence-corrected chi connectivity index (χ4v) is 3.56. The monoisotopic (exact) mass is 294 g/mol. The van der Waals surface area contributed by atoms with Gasteiger partial charge in [0.05, 0.1) is 16.2 Å². The minimum Gasteiger partial charge on any atom is -0.276 e. The van der Waals surface area contributed by atoms with E-state index in [0.717, 1.165) is 0 Å². The molecule has 2 aromatic rings. The highest BCUT2D eigenvalue weighted by molar-refractivity contribution is 7.90. The Hall–Kier alpha value is -1.65. The number of rotatable bonds is 4. The summed E-state index contributed by atoms with van der Waals surface area (Å²) in [6.07, 6.45) is 0. The third kappa shape index (κ3) is 3.22. The largest absolute Gasteiger partial charge is 0.276 e. The van der Waals surface area contributed by atoms with E-state index < -0.39 is 15.1 Å². The minimum atomic E-state index is -3.59. The Morgan fingerprint density at radius 2 is 1.53 bits per heavy atom. The van der Waals surface area contributed by atoms with Crippen LogP contribution in [0.2, 0.25) is 0 Å². The molecule has 0 fully saturated rings. The first-order chi connectivity index (χ1) is 9.00. The predicted molar refractivity (Wildman–Crippen MR) is 74.0 cm³/mol. The van der Waals surface area contributed by atoms with Gasteiger partial charge in [-0.2, -0.15) is 0 Å². The molecule has 0 bridgehead atoms. The zero-order chi connectivity index (χ0) is 13.9. The van der Waals surface area contributed by atoms with Crippen LogP contribution in [0.25, 0.3) is 0 Å². The maximum absolute atomic E-state index is 12.3. The summed E-state index contributed by atoms with van der Waals surface area (Å²) in [7, 11) is -3.59. The molecule has 0 spiro atoms. The molecule has 0 saturated heterocycles. The molecule has 0 aromatic heterocycles. The average Bonchev–Trinajstić information content (AvgIpc) is 2.39. The Balaban J connectivity index is 2.43. The molecule has 19 heavy (non-hydrogen) atoms. The van der Waals surface area contributed by atoms with Crippen LogP contribution in [0.15, 0.2) is 59.5 Å². The molecule has 0 atom stereocenters. The molecule has 98 valence electrons. The first kappa shape index (κ1) is 13.8. The van der Waals surface area contributed by atoms with Crippen molar-refractivity contribution in [2.45, 2.75) is 10.6 Å². The van der Waals surface area contributed by atoms with Crippen LogP contribution >= 0.6 is 11.6 Å². The van der Waals surface area contributed by atoms with Gasteiger partial charge in [-0.1, -0.05) is 42.5 Å². The Bertz CT molecular complexity index is 694. The molecule has 0 heterocycles. The highest BCUT2D eigenvalue weighted by atomic mass is 35.5.